The van der Waals surface area contributed by atoms with Gasteiger partial charge < -0.3 is 10.4 Å². The molecule has 0 saturated heterocycles. The number of rotatable bonds is 5. The second-order valence-electron chi connectivity index (χ2n) is 4.16. The zero-order valence-electron chi connectivity index (χ0n) is 11.2. The maximum atomic E-state index is 12.2. The maximum absolute atomic E-state index is 12.2. The summed E-state index contributed by atoms with van der Waals surface area (Å²) in [7, 11) is -3.76. The zero-order chi connectivity index (χ0) is 15.5. The summed E-state index contributed by atoms with van der Waals surface area (Å²) in [5, 5.41) is 13.2. The van der Waals surface area contributed by atoms with E-state index in [0.29, 0.717) is 17.1 Å². The van der Waals surface area contributed by atoms with Gasteiger partial charge in [0.15, 0.2) is 0 Å². The van der Waals surface area contributed by atoms with E-state index in [9.17, 15) is 13.2 Å². The smallest absolute Gasteiger partial charge is 0.262 e. The van der Waals surface area contributed by atoms with Crippen molar-refractivity contribution >= 4 is 33.0 Å². The highest BCUT2D eigenvalue weighted by atomic mass is 32.2. The molecule has 1 amide bonds. The number of sulfonamides is 1. The summed E-state index contributed by atoms with van der Waals surface area (Å²) in [6.07, 6.45) is 0. The molecule has 2 aromatic rings. The SMILES string of the molecule is CCNC(=O)c1cc(S(=O)(=O)Nc2ccc(O)cc2)cs1. The Labute approximate surface area is 126 Å². The van der Waals surface area contributed by atoms with Crippen LogP contribution < -0.4 is 10.0 Å². The van der Waals surface area contributed by atoms with Crippen molar-refractivity contribution in [3.05, 3.63) is 40.6 Å². The lowest BCUT2D eigenvalue weighted by molar-refractivity contribution is 0.0959. The van der Waals surface area contributed by atoms with Crippen LogP contribution in [0.3, 0.4) is 0 Å². The van der Waals surface area contributed by atoms with Crippen LogP contribution >= 0.6 is 11.3 Å². The van der Waals surface area contributed by atoms with Crippen molar-refractivity contribution in [2.75, 3.05) is 11.3 Å². The summed E-state index contributed by atoms with van der Waals surface area (Å²) < 4.78 is 26.7. The third kappa shape index (κ3) is 3.73. The van der Waals surface area contributed by atoms with Gasteiger partial charge in [-0.1, -0.05) is 0 Å². The second kappa shape index (κ2) is 6.15. The van der Waals surface area contributed by atoms with Crippen molar-refractivity contribution in [1.29, 1.82) is 0 Å². The number of carbonyl (C=O) groups is 1. The van der Waals surface area contributed by atoms with Crippen LogP contribution in [0.2, 0.25) is 0 Å². The highest BCUT2D eigenvalue weighted by Crippen LogP contribution is 2.23. The first-order valence-corrected chi connectivity index (χ1v) is 8.47. The predicted octanol–water partition coefficient (Wildman–Crippen LogP) is 2.00. The highest BCUT2D eigenvalue weighted by Gasteiger charge is 2.18. The van der Waals surface area contributed by atoms with Crippen LogP contribution in [0.4, 0.5) is 5.69 Å². The molecule has 1 aromatic carbocycles. The molecule has 21 heavy (non-hydrogen) atoms. The molecule has 6 nitrogen and oxygen atoms in total. The lowest BCUT2D eigenvalue weighted by Gasteiger charge is -2.06. The summed E-state index contributed by atoms with van der Waals surface area (Å²) in [6, 6.07) is 6.99. The lowest BCUT2D eigenvalue weighted by Crippen LogP contribution is -2.21. The Kier molecular flexibility index (Phi) is 4.49. The molecular formula is C13H14N2O4S2. The Morgan fingerprint density at radius 1 is 1.29 bits per heavy atom. The van der Waals surface area contributed by atoms with Gasteiger partial charge in [0.25, 0.3) is 15.9 Å². The third-order valence-corrected chi connectivity index (χ3v) is 5.01. The van der Waals surface area contributed by atoms with Crippen LogP contribution in [-0.4, -0.2) is 26.0 Å². The number of phenolic OH excluding ortho intramolecular Hbond substituents is 1. The van der Waals surface area contributed by atoms with E-state index >= 15 is 0 Å². The minimum Gasteiger partial charge on any atom is -0.508 e. The molecule has 2 rings (SSSR count). The molecule has 0 atom stereocenters. The third-order valence-electron chi connectivity index (χ3n) is 2.57. The van der Waals surface area contributed by atoms with Crippen molar-refractivity contribution in [3.8, 4) is 5.75 Å². The van der Waals surface area contributed by atoms with Gasteiger partial charge in [0.1, 0.15) is 5.75 Å². The Morgan fingerprint density at radius 3 is 2.57 bits per heavy atom. The van der Waals surface area contributed by atoms with Crippen LogP contribution in [-0.2, 0) is 10.0 Å². The molecule has 1 heterocycles. The highest BCUT2D eigenvalue weighted by molar-refractivity contribution is 7.92. The van der Waals surface area contributed by atoms with Gasteiger partial charge in [-0.3, -0.25) is 9.52 Å². The van der Waals surface area contributed by atoms with Gasteiger partial charge in [-0.2, -0.15) is 0 Å². The van der Waals surface area contributed by atoms with E-state index in [4.69, 9.17) is 5.11 Å². The first-order valence-electron chi connectivity index (χ1n) is 6.11. The van der Waals surface area contributed by atoms with Crippen molar-refractivity contribution in [3.63, 3.8) is 0 Å². The average Bonchev–Trinajstić information content (AvgIpc) is 2.92. The minimum absolute atomic E-state index is 0.0295. The summed E-state index contributed by atoms with van der Waals surface area (Å²) >= 11 is 1.07. The predicted molar refractivity (Wildman–Crippen MR) is 81.2 cm³/mol. The number of aromatic hydroxyl groups is 1. The number of nitrogens with one attached hydrogen (secondary N) is 2. The van der Waals surface area contributed by atoms with Crippen LogP contribution in [0, 0.1) is 0 Å². The molecule has 0 aliphatic carbocycles. The maximum Gasteiger partial charge on any atom is 0.262 e. The van der Waals surface area contributed by atoms with Gasteiger partial charge in [0.2, 0.25) is 0 Å². The van der Waals surface area contributed by atoms with Crippen molar-refractivity contribution in [1.82, 2.24) is 5.32 Å². The second-order valence-corrected chi connectivity index (χ2v) is 6.75. The Hall–Kier alpha value is -2.06. The Bertz CT molecular complexity index is 736. The van der Waals surface area contributed by atoms with Gasteiger partial charge in [-0.25, -0.2) is 8.42 Å². The molecule has 0 radical (unpaired) electrons. The fourth-order valence-electron chi connectivity index (χ4n) is 1.57. The monoisotopic (exact) mass is 326 g/mol. The van der Waals surface area contributed by atoms with Gasteiger partial charge in [0, 0.05) is 17.6 Å². The molecule has 1 aromatic heterocycles. The zero-order valence-corrected chi connectivity index (χ0v) is 12.8. The van der Waals surface area contributed by atoms with Crippen molar-refractivity contribution in [2.45, 2.75) is 11.8 Å². The van der Waals surface area contributed by atoms with E-state index < -0.39 is 10.0 Å². The number of hydrogen-bond donors (Lipinski definition) is 3. The molecule has 112 valence electrons. The van der Waals surface area contributed by atoms with Crippen LogP contribution in [0.15, 0.2) is 40.6 Å². The largest absolute Gasteiger partial charge is 0.508 e. The first kappa shape index (κ1) is 15.3. The number of hydrogen-bond acceptors (Lipinski definition) is 5. The summed E-state index contributed by atoms with van der Waals surface area (Å²) in [5.74, 6) is -0.249. The molecule has 0 unspecified atom stereocenters. The number of thiophene rings is 1. The standard InChI is InChI=1S/C13H14N2O4S2/c1-2-14-13(17)12-7-11(8-20-12)21(18,19)15-9-3-5-10(16)6-4-9/h3-8,15-16H,2H2,1H3,(H,14,17). The average molecular weight is 326 g/mol. The molecular weight excluding hydrogens is 312 g/mol. The van der Waals surface area contributed by atoms with E-state index in [-0.39, 0.29) is 16.6 Å². The van der Waals surface area contributed by atoms with E-state index in [2.05, 4.69) is 10.0 Å². The normalized spacial score (nSPS) is 11.1. The Balaban J connectivity index is 2.20. The number of phenols is 1. The molecule has 0 aliphatic rings. The number of carbonyl (C=O) groups excluding carboxylic acids is 1. The van der Waals surface area contributed by atoms with Gasteiger partial charge >= 0.3 is 0 Å². The lowest BCUT2D eigenvalue weighted by atomic mass is 10.3. The van der Waals surface area contributed by atoms with Gasteiger partial charge in [0.05, 0.1) is 9.77 Å². The summed E-state index contributed by atoms with van der Waals surface area (Å²) in [5.41, 5.74) is 0.332. The van der Waals surface area contributed by atoms with Gasteiger partial charge in [-0.15, -0.1) is 11.3 Å². The van der Waals surface area contributed by atoms with Crippen LogP contribution in [0.5, 0.6) is 5.75 Å². The number of anilines is 1. The quantitative estimate of drug-likeness (QED) is 0.732. The van der Waals surface area contributed by atoms with E-state index in [0.717, 1.165) is 11.3 Å². The van der Waals surface area contributed by atoms with E-state index in [1.54, 1.807) is 6.92 Å². The van der Waals surface area contributed by atoms with Crippen molar-refractivity contribution in [2.24, 2.45) is 0 Å². The van der Waals surface area contributed by atoms with E-state index in [1.807, 2.05) is 0 Å². The first-order chi connectivity index (χ1) is 9.92. The number of amides is 1. The number of benzene rings is 1. The topological polar surface area (TPSA) is 95.5 Å². The molecule has 0 spiro atoms. The fourth-order valence-corrected chi connectivity index (χ4v) is 3.82. The minimum atomic E-state index is -3.76. The molecule has 0 fully saturated rings. The van der Waals surface area contributed by atoms with Crippen molar-refractivity contribution < 1.29 is 18.3 Å². The fraction of sp³-hybridized carbons (Fsp3) is 0.154. The molecule has 0 saturated carbocycles. The summed E-state index contributed by atoms with van der Waals surface area (Å²) in [4.78, 5) is 12.0. The molecule has 0 bridgehead atoms. The molecule has 3 N–H and O–H groups in total. The van der Waals surface area contributed by atoms with Crippen LogP contribution in [0.25, 0.3) is 0 Å². The molecule has 8 heteroatoms. The van der Waals surface area contributed by atoms with Gasteiger partial charge in [-0.05, 0) is 37.3 Å². The van der Waals surface area contributed by atoms with E-state index in [1.165, 1.54) is 35.7 Å². The molecule has 0 aliphatic heterocycles. The Morgan fingerprint density at radius 2 is 1.95 bits per heavy atom. The summed E-state index contributed by atoms with van der Waals surface area (Å²) in [6.45, 7) is 2.26. The van der Waals surface area contributed by atoms with Crippen LogP contribution in [0.1, 0.15) is 16.6 Å².